The number of benzene rings is 2. The molecule has 3 aromatic rings. The van der Waals surface area contributed by atoms with Crippen LogP contribution in [0.1, 0.15) is 25.3 Å². The molecule has 2 heterocycles. The maximum absolute atomic E-state index is 13.3. The van der Waals surface area contributed by atoms with Gasteiger partial charge in [0.25, 0.3) is 0 Å². The minimum atomic E-state index is -3.96. The van der Waals surface area contributed by atoms with Crippen LogP contribution in [0.3, 0.4) is 0 Å². The van der Waals surface area contributed by atoms with E-state index in [2.05, 4.69) is 11.9 Å². The standard InChI is InChI=1S/C22H23FN2O3S/c1-15-10-12-25(13-11-15)22-21(29(26,27)19-8-6-18(23)7-9-19)24-20(28-22)17-5-3-4-16(2)14-17/h3-9,14-15H,10-13H2,1-2H3. The van der Waals surface area contributed by atoms with E-state index in [4.69, 9.17) is 4.42 Å². The largest absolute Gasteiger partial charge is 0.419 e. The van der Waals surface area contributed by atoms with Gasteiger partial charge >= 0.3 is 0 Å². The summed E-state index contributed by atoms with van der Waals surface area (Å²) >= 11 is 0. The fraction of sp³-hybridized carbons (Fsp3) is 0.318. The molecule has 0 amide bonds. The Hall–Kier alpha value is -2.67. The first-order valence-corrected chi connectivity index (χ1v) is 11.2. The molecule has 4 rings (SSSR count). The van der Waals surface area contributed by atoms with E-state index in [9.17, 15) is 12.8 Å². The topological polar surface area (TPSA) is 63.4 Å². The van der Waals surface area contributed by atoms with Crippen molar-refractivity contribution in [3.8, 4) is 11.5 Å². The van der Waals surface area contributed by atoms with Crippen molar-refractivity contribution < 1.29 is 17.2 Å². The molecule has 0 radical (unpaired) electrons. The van der Waals surface area contributed by atoms with Gasteiger partial charge in [0.2, 0.25) is 26.6 Å². The zero-order chi connectivity index (χ0) is 20.6. The van der Waals surface area contributed by atoms with Crippen molar-refractivity contribution >= 4 is 15.7 Å². The molecule has 1 aliphatic heterocycles. The Kier molecular flexibility index (Phi) is 5.17. The second-order valence-electron chi connectivity index (χ2n) is 7.63. The fourth-order valence-electron chi connectivity index (χ4n) is 3.51. The van der Waals surface area contributed by atoms with Gasteiger partial charge in [-0.3, -0.25) is 0 Å². The average molecular weight is 415 g/mol. The van der Waals surface area contributed by atoms with Gasteiger partial charge < -0.3 is 9.32 Å². The minimum Gasteiger partial charge on any atom is -0.419 e. The second kappa shape index (κ2) is 7.63. The van der Waals surface area contributed by atoms with E-state index >= 15 is 0 Å². The first-order chi connectivity index (χ1) is 13.8. The van der Waals surface area contributed by atoms with E-state index in [-0.39, 0.29) is 21.7 Å². The molecule has 1 aromatic heterocycles. The third-order valence-electron chi connectivity index (χ3n) is 5.29. The summed E-state index contributed by atoms with van der Waals surface area (Å²) in [6, 6.07) is 12.4. The number of sulfone groups is 1. The van der Waals surface area contributed by atoms with Gasteiger partial charge in [-0.15, -0.1) is 0 Å². The molecule has 0 N–H and O–H groups in total. The van der Waals surface area contributed by atoms with Crippen molar-refractivity contribution in [1.29, 1.82) is 0 Å². The van der Waals surface area contributed by atoms with Crippen LogP contribution in [0.4, 0.5) is 10.3 Å². The van der Waals surface area contributed by atoms with E-state index in [1.54, 1.807) is 0 Å². The average Bonchev–Trinajstić information content (AvgIpc) is 3.15. The number of nitrogens with zero attached hydrogens (tertiary/aromatic N) is 2. The van der Waals surface area contributed by atoms with Crippen molar-refractivity contribution in [1.82, 2.24) is 4.98 Å². The van der Waals surface area contributed by atoms with Crippen LogP contribution in [-0.2, 0) is 9.84 Å². The van der Waals surface area contributed by atoms with Crippen LogP contribution in [-0.4, -0.2) is 26.5 Å². The van der Waals surface area contributed by atoms with Crippen LogP contribution < -0.4 is 4.90 Å². The molecule has 0 atom stereocenters. The summed E-state index contributed by atoms with van der Waals surface area (Å²) < 4.78 is 46.0. The number of oxazole rings is 1. The molecule has 1 saturated heterocycles. The SMILES string of the molecule is Cc1cccc(-c2nc(S(=O)(=O)c3ccc(F)cc3)c(N3CCC(C)CC3)o2)c1. The van der Waals surface area contributed by atoms with Crippen LogP contribution in [0.25, 0.3) is 11.5 Å². The lowest BCUT2D eigenvalue weighted by molar-refractivity contribution is 0.415. The number of halogens is 1. The number of anilines is 1. The van der Waals surface area contributed by atoms with Gasteiger partial charge in [0.05, 0.1) is 4.90 Å². The fourth-order valence-corrected chi connectivity index (χ4v) is 4.83. The van der Waals surface area contributed by atoms with Crippen molar-refractivity contribution in [2.24, 2.45) is 5.92 Å². The third kappa shape index (κ3) is 3.92. The smallest absolute Gasteiger partial charge is 0.236 e. The number of aromatic nitrogens is 1. The van der Waals surface area contributed by atoms with Crippen molar-refractivity contribution in [2.45, 2.75) is 36.6 Å². The van der Waals surface area contributed by atoms with E-state index in [1.165, 1.54) is 12.1 Å². The number of piperidine rings is 1. The highest BCUT2D eigenvalue weighted by Crippen LogP contribution is 2.36. The van der Waals surface area contributed by atoms with Crippen LogP contribution in [0.15, 0.2) is 62.9 Å². The van der Waals surface area contributed by atoms with Crippen LogP contribution in [0.2, 0.25) is 0 Å². The number of hydrogen-bond acceptors (Lipinski definition) is 5. The lowest BCUT2D eigenvalue weighted by atomic mass is 9.99. The molecule has 2 aromatic carbocycles. The highest BCUT2D eigenvalue weighted by Gasteiger charge is 2.32. The lowest BCUT2D eigenvalue weighted by Crippen LogP contribution is -2.33. The summed E-state index contributed by atoms with van der Waals surface area (Å²) in [5.41, 5.74) is 1.74. The predicted octanol–water partition coefficient (Wildman–Crippen LogP) is 4.86. The monoisotopic (exact) mass is 414 g/mol. The molecule has 0 saturated carbocycles. The Morgan fingerprint density at radius 3 is 2.45 bits per heavy atom. The van der Waals surface area contributed by atoms with Crippen molar-refractivity contribution in [3.05, 3.63) is 59.9 Å². The molecular formula is C22H23FN2O3S. The molecule has 0 spiro atoms. The summed E-state index contributed by atoms with van der Waals surface area (Å²) in [5.74, 6) is 0.623. The van der Waals surface area contributed by atoms with Gasteiger partial charge in [0.1, 0.15) is 5.82 Å². The van der Waals surface area contributed by atoms with Gasteiger partial charge in [0, 0.05) is 18.7 Å². The molecule has 152 valence electrons. The van der Waals surface area contributed by atoms with Gasteiger partial charge in [0.15, 0.2) is 0 Å². The normalized spacial score (nSPS) is 15.6. The molecule has 1 aliphatic rings. The number of aryl methyl sites for hydroxylation is 1. The molecule has 0 unspecified atom stereocenters. The number of rotatable bonds is 4. The molecule has 29 heavy (non-hydrogen) atoms. The third-order valence-corrected chi connectivity index (χ3v) is 6.96. The summed E-state index contributed by atoms with van der Waals surface area (Å²) in [4.78, 5) is 6.34. The highest BCUT2D eigenvalue weighted by molar-refractivity contribution is 7.91. The first-order valence-electron chi connectivity index (χ1n) is 9.68. The van der Waals surface area contributed by atoms with E-state index in [0.29, 0.717) is 19.0 Å². The zero-order valence-corrected chi connectivity index (χ0v) is 17.2. The van der Waals surface area contributed by atoms with Crippen LogP contribution in [0.5, 0.6) is 0 Å². The molecule has 7 heteroatoms. The Morgan fingerprint density at radius 2 is 1.79 bits per heavy atom. The van der Waals surface area contributed by atoms with Gasteiger partial charge in [-0.05, 0) is 62.1 Å². The zero-order valence-electron chi connectivity index (χ0n) is 16.4. The van der Waals surface area contributed by atoms with Gasteiger partial charge in [-0.2, -0.15) is 4.98 Å². The van der Waals surface area contributed by atoms with E-state index in [1.807, 2.05) is 36.1 Å². The molecule has 0 bridgehead atoms. The Labute approximate surface area is 170 Å². The number of hydrogen-bond donors (Lipinski definition) is 0. The lowest BCUT2D eigenvalue weighted by Gasteiger charge is -2.30. The molecular weight excluding hydrogens is 391 g/mol. The molecule has 0 aliphatic carbocycles. The van der Waals surface area contributed by atoms with E-state index < -0.39 is 15.7 Å². The minimum absolute atomic E-state index is 0.00498. The molecule has 5 nitrogen and oxygen atoms in total. The quantitative estimate of drug-likeness (QED) is 0.571. The van der Waals surface area contributed by atoms with Crippen molar-refractivity contribution in [2.75, 3.05) is 18.0 Å². The first kappa shape index (κ1) is 19.6. The summed E-state index contributed by atoms with van der Waals surface area (Å²) in [6.07, 6.45) is 1.91. The second-order valence-corrected chi connectivity index (χ2v) is 9.49. The van der Waals surface area contributed by atoms with Gasteiger partial charge in [-0.25, -0.2) is 12.8 Å². The molecule has 1 fully saturated rings. The Balaban J connectivity index is 1.83. The maximum Gasteiger partial charge on any atom is 0.236 e. The van der Waals surface area contributed by atoms with Crippen LogP contribution in [0, 0.1) is 18.7 Å². The summed E-state index contributed by atoms with van der Waals surface area (Å²) in [6.45, 7) is 5.55. The van der Waals surface area contributed by atoms with E-state index in [0.717, 1.165) is 36.1 Å². The van der Waals surface area contributed by atoms with Crippen molar-refractivity contribution in [3.63, 3.8) is 0 Å². The highest BCUT2D eigenvalue weighted by atomic mass is 32.2. The predicted molar refractivity (Wildman–Crippen MR) is 109 cm³/mol. The Morgan fingerprint density at radius 1 is 1.10 bits per heavy atom. The summed E-state index contributed by atoms with van der Waals surface area (Å²) in [7, 11) is -3.96. The summed E-state index contributed by atoms with van der Waals surface area (Å²) in [5, 5.41) is -0.116. The maximum atomic E-state index is 13.3. The van der Waals surface area contributed by atoms with Gasteiger partial charge in [-0.1, -0.05) is 24.6 Å². The Bertz CT molecular complexity index is 1120. The van der Waals surface area contributed by atoms with Crippen LogP contribution >= 0.6 is 0 Å².